The smallest absolute Gasteiger partial charge is 0.254 e. The molecule has 1 aromatic carbocycles. The van der Waals surface area contributed by atoms with Gasteiger partial charge in [-0.15, -0.1) is 0 Å². The van der Waals surface area contributed by atoms with E-state index in [9.17, 15) is 9.59 Å². The normalized spacial score (nSPS) is 14.1. The van der Waals surface area contributed by atoms with Gasteiger partial charge in [-0.25, -0.2) is 0 Å². The van der Waals surface area contributed by atoms with Crippen LogP contribution < -0.4 is 5.32 Å². The maximum atomic E-state index is 12.8. The van der Waals surface area contributed by atoms with E-state index in [1.165, 1.54) is 109 Å². The second-order valence-electron chi connectivity index (χ2n) is 11.8. The average Bonchev–Trinajstić information content (AvgIpc) is 2.94. The van der Waals surface area contributed by atoms with E-state index >= 15 is 0 Å². The van der Waals surface area contributed by atoms with Crippen molar-refractivity contribution in [3.8, 4) is 0 Å². The number of anilines is 1. The predicted molar refractivity (Wildman–Crippen MR) is 166 cm³/mol. The summed E-state index contributed by atoms with van der Waals surface area (Å²) < 4.78 is 0. The summed E-state index contributed by atoms with van der Waals surface area (Å²) in [6.07, 6.45) is 26.3. The van der Waals surface area contributed by atoms with Crippen molar-refractivity contribution in [3.05, 3.63) is 29.8 Å². The fourth-order valence-electron chi connectivity index (χ4n) is 5.51. The molecule has 0 atom stereocenters. The number of unbranched alkanes of at least 4 members (excludes halogenated alkanes) is 18. The Kier molecular flexibility index (Phi) is 18.7. The molecule has 222 valence electrons. The summed E-state index contributed by atoms with van der Waals surface area (Å²) in [6, 6.07) is 7.38. The maximum Gasteiger partial charge on any atom is 0.254 e. The molecule has 1 heterocycles. The number of hydrogen-bond donors (Lipinski definition) is 1. The van der Waals surface area contributed by atoms with E-state index < -0.39 is 0 Å². The number of nitrogens with zero attached hydrogens (tertiary/aromatic N) is 2. The van der Waals surface area contributed by atoms with Crippen molar-refractivity contribution in [2.24, 2.45) is 0 Å². The molecule has 1 N–H and O–H groups in total. The van der Waals surface area contributed by atoms with Crippen LogP contribution in [0.1, 0.15) is 146 Å². The van der Waals surface area contributed by atoms with Crippen molar-refractivity contribution < 1.29 is 9.59 Å². The third kappa shape index (κ3) is 16.1. The molecule has 1 aliphatic rings. The van der Waals surface area contributed by atoms with Crippen LogP contribution in [0.4, 0.5) is 5.69 Å². The monoisotopic (exact) mass is 541 g/mol. The summed E-state index contributed by atoms with van der Waals surface area (Å²) in [5.41, 5.74) is 1.37. The lowest BCUT2D eigenvalue weighted by Crippen LogP contribution is -2.47. The Bertz CT molecular complexity index is 773. The Morgan fingerprint density at radius 2 is 1.13 bits per heavy atom. The van der Waals surface area contributed by atoms with Crippen LogP contribution in [0.2, 0.25) is 0 Å². The van der Waals surface area contributed by atoms with Crippen LogP contribution in [-0.2, 0) is 4.79 Å². The summed E-state index contributed by atoms with van der Waals surface area (Å²) in [5, 5.41) is 2.99. The van der Waals surface area contributed by atoms with Crippen LogP contribution >= 0.6 is 0 Å². The molecule has 1 aromatic rings. The zero-order chi connectivity index (χ0) is 28.0. The number of piperazine rings is 1. The topological polar surface area (TPSA) is 52.7 Å². The van der Waals surface area contributed by atoms with Crippen molar-refractivity contribution in [2.45, 2.75) is 135 Å². The van der Waals surface area contributed by atoms with Crippen molar-refractivity contribution in [1.29, 1.82) is 0 Å². The minimum atomic E-state index is 0.0474. The molecule has 1 fully saturated rings. The van der Waals surface area contributed by atoms with Crippen LogP contribution in [0.3, 0.4) is 0 Å². The minimum Gasteiger partial charge on any atom is -0.336 e. The lowest BCUT2D eigenvalue weighted by atomic mass is 10.0. The highest BCUT2D eigenvalue weighted by molar-refractivity contribution is 5.97. The van der Waals surface area contributed by atoms with Crippen LogP contribution in [-0.4, -0.2) is 54.8 Å². The van der Waals surface area contributed by atoms with Gasteiger partial charge in [-0.2, -0.15) is 0 Å². The third-order valence-electron chi connectivity index (χ3n) is 8.19. The second kappa shape index (κ2) is 21.9. The van der Waals surface area contributed by atoms with Crippen LogP contribution in [0.5, 0.6) is 0 Å². The van der Waals surface area contributed by atoms with Crippen molar-refractivity contribution in [3.63, 3.8) is 0 Å². The molecule has 1 aliphatic heterocycles. The first-order valence-corrected chi connectivity index (χ1v) is 16.5. The molecule has 0 saturated carbocycles. The summed E-state index contributed by atoms with van der Waals surface area (Å²) in [6.45, 7) is 5.61. The molecule has 0 spiro atoms. The van der Waals surface area contributed by atoms with Gasteiger partial charge in [0, 0.05) is 43.9 Å². The molecule has 2 rings (SSSR count). The Morgan fingerprint density at radius 1 is 0.667 bits per heavy atom. The number of benzene rings is 1. The van der Waals surface area contributed by atoms with Crippen LogP contribution in [0, 0.1) is 0 Å². The van der Waals surface area contributed by atoms with E-state index in [2.05, 4.69) is 24.2 Å². The summed E-state index contributed by atoms with van der Waals surface area (Å²) in [5.74, 6) is 0.101. The maximum absolute atomic E-state index is 12.8. The van der Waals surface area contributed by atoms with Gasteiger partial charge in [0.05, 0.1) is 0 Å². The molecule has 39 heavy (non-hydrogen) atoms. The predicted octanol–water partition coefficient (Wildman–Crippen LogP) is 8.83. The molecular formula is C34H59N3O2. The zero-order valence-electron chi connectivity index (χ0n) is 25.5. The van der Waals surface area contributed by atoms with Crippen LogP contribution in [0.15, 0.2) is 24.3 Å². The summed E-state index contributed by atoms with van der Waals surface area (Å²) in [4.78, 5) is 29.3. The minimum absolute atomic E-state index is 0.0474. The van der Waals surface area contributed by atoms with Gasteiger partial charge in [0.25, 0.3) is 5.91 Å². The molecule has 0 aliphatic carbocycles. The van der Waals surface area contributed by atoms with Crippen LogP contribution in [0.25, 0.3) is 0 Å². The quantitative estimate of drug-likeness (QED) is 0.149. The van der Waals surface area contributed by atoms with E-state index in [1.807, 2.05) is 29.2 Å². The van der Waals surface area contributed by atoms with E-state index in [4.69, 9.17) is 0 Å². The van der Waals surface area contributed by atoms with Crippen molar-refractivity contribution in [1.82, 2.24) is 9.80 Å². The zero-order valence-corrected chi connectivity index (χ0v) is 25.5. The van der Waals surface area contributed by atoms with Crippen molar-refractivity contribution >= 4 is 17.5 Å². The van der Waals surface area contributed by atoms with Gasteiger partial charge in [0.1, 0.15) is 0 Å². The third-order valence-corrected chi connectivity index (χ3v) is 8.19. The molecule has 5 heteroatoms. The fourth-order valence-corrected chi connectivity index (χ4v) is 5.51. The van der Waals surface area contributed by atoms with Gasteiger partial charge in [-0.3, -0.25) is 9.59 Å². The Balaban J connectivity index is 1.39. The van der Waals surface area contributed by atoms with E-state index in [1.54, 1.807) is 0 Å². The van der Waals surface area contributed by atoms with Gasteiger partial charge in [-0.1, -0.05) is 129 Å². The Hall–Kier alpha value is -1.88. The molecule has 0 radical (unpaired) electrons. The Morgan fingerprint density at radius 3 is 1.62 bits per heavy atom. The van der Waals surface area contributed by atoms with Gasteiger partial charge in [0.2, 0.25) is 5.91 Å². The SMILES string of the molecule is CCCCCCCCCCCCCCCCCCCCCC(=O)Nc1cccc(C(=O)N2CCN(C)CC2)c1. The molecule has 2 amide bonds. The van der Waals surface area contributed by atoms with E-state index in [-0.39, 0.29) is 11.8 Å². The van der Waals surface area contributed by atoms with Gasteiger partial charge >= 0.3 is 0 Å². The number of likely N-dealkylation sites (N-methyl/N-ethyl adjacent to an activating group) is 1. The molecule has 5 nitrogen and oxygen atoms in total. The summed E-state index contributed by atoms with van der Waals surface area (Å²) >= 11 is 0. The number of nitrogens with one attached hydrogen (secondary N) is 1. The van der Waals surface area contributed by atoms with Gasteiger partial charge in [-0.05, 0) is 31.7 Å². The first-order valence-electron chi connectivity index (χ1n) is 16.5. The highest BCUT2D eigenvalue weighted by atomic mass is 16.2. The van der Waals surface area contributed by atoms with Gasteiger partial charge < -0.3 is 15.1 Å². The highest BCUT2D eigenvalue weighted by Crippen LogP contribution is 2.17. The lowest BCUT2D eigenvalue weighted by Gasteiger charge is -2.32. The van der Waals surface area contributed by atoms with Gasteiger partial charge in [0.15, 0.2) is 0 Å². The molecule has 0 unspecified atom stereocenters. The second-order valence-corrected chi connectivity index (χ2v) is 11.8. The number of rotatable bonds is 22. The lowest BCUT2D eigenvalue weighted by molar-refractivity contribution is -0.116. The number of carbonyl (C=O) groups excluding carboxylic acids is 2. The first kappa shape index (κ1) is 33.3. The highest BCUT2D eigenvalue weighted by Gasteiger charge is 2.20. The Labute approximate surface area is 240 Å². The molecular weight excluding hydrogens is 482 g/mol. The fraction of sp³-hybridized carbons (Fsp3) is 0.765. The number of carbonyl (C=O) groups is 2. The average molecular weight is 542 g/mol. The van der Waals surface area contributed by atoms with E-state index in [0.29, 0.717) is 12.0 Å². The largest absolute Gasteiger partial charge is 0.336 e. The van der Waals surface area contributed by atoms with Crippen molar-refractivity contribution in [2.75, 3.05) is 38.5 Å². The number of hydrogen-bond acceptors (Lipinski definition) is 3. The molecule has 0 aromatic heterocycles. The number of amides is 2. The molecule has 1 saturated heterocycles. The molecule has 0 bridgehead atoms. The first-order chi connectivity index (χ1) is 19.1. The summed E-state index contributed by atoms with van der Waals surface area (Å²) in [7, 11) is 2.08. The standard InChI is InChI=1S/C34H59N3O2/c1-3-4-5-6-7-8-9-10-11-12-13-14-15-16-17-18-19-20-21-25-33(38)35-32-24-22-23-31(30-32)34(39)37-28-26-36(2)27-29-37/h22-24,30H,3-21,25-29H2,1-2H3,(H,35,38). The van der Waals surface area contributed by atoms with E-state index in [0.717, 1.165) is 44.7 Å².